The van der Waals surface area contributed by atoms with Gasteiger partial charge in [-0.3, -0.25) is 4.79 Å². The van der Waals surface area contributed by atoms with Crippen LogP contribution in [0.2, 0.25) is 0 Å². The number of fused-ring (bicyclic) bond motifs is 1. The summed E-state index contributed by atoms with van der Waals surface area (Å²) in [7, 11) is 0. The first kappa shape index (κ1) is 15.1. The zero-order chi connectivity index (χ0) is 15.6. The quantitative estimate of drug-likeness (QED) is 0.791. The highest BCUT2D eigenvalue weighted by Crippen LogP contribution is 2.27. The van der Waals surface area contributed by atoms with E-state index >= 15 is 0 Å². The number of carboxylic acids is 1. The molecule has 3 N–H and O–H groups in total. The first-order chi connectivity index (χ1) is 9.93. The average molecular weight is 288 g/mol. The van der Waals surface area contributed by atoms with E-state index in [2.05, 4.69) is 10.3 Å². The summed E-state index contributed by atoms with van der Waals surface area (Å²) in [6, 6.07) is 3.94. The van der Waals surface area contributed by atoms with Crippen LogP contribution in [0.1, 0.15) is 46.9 Å². The van der Waals surface area contributed by atoms with Gasteiger partial charge in [0, 0.05) is 29.4 Å². The molecular formula is C16H20N2O3. The molecule has 1 aromatic heterocycles. The lowest BCUT2D eigenvalue weighted by Crippen LogP contribution is -2.23. The van der Waals surface area contributed by atoms with Crippen molar-refractivity contribution < 1.29 is 14.7 Å². The van der Waals surface area contributed by atoms with Gasteiger partial charge < -0.3 is 15.4 Å². The predicted molar refractivity (Wildman–Crippen MR) is 81.5 cm³/mol. The summed E-state index contributed by atoms with van der Waals surface area (Å²) in [5.74, 6) is -1.07. The highest BCUT2D eigenvalue weighted by molar-refractivity contribution is 5.99. The van der Waals surface area contributed by atoms with Crippen molar-refractivity contribution in [2.45, 2.75) is 40.2 Å². The Labute approximate surface area is 123 Å². The van der Waals surface area contributed by atoms with Crippen LogP contribution in [0.4, 0.5) is 0 Å². The number of carbonyl (C=O) groups excluding carboxylic acids is 1. The van der Waals surface area contributed by atoms with Gasteiger partial charge in [0.25, 0.3) is 0 Å². The Morgan fingerprint density at radius 2 is 2.00 bits per heavy atom. The average Bonchev–Trinajstić information content (AvgIpc) is 2.75. The van der Waals surface area contributed by atoms with Gasteiger partial charge in [0.1, 0.15) is 5.69 Å². The monoisotopic (exact) mass is 288 g/mol. The zero-order valence-electron chi connectivity index (χ0n) is 12.5. The van der Waals surface area contributed by atoms with Gasteiger partial charge in [0.15, 0.2) is 0 Å². The summed E-state index contributed by atoms with van der Waals surface area (Å²) in [6.45, 7) is 6.08. The number of benzene rings is 1. The van der Waals surface area contributed by atoms with E-state index in [-0.39, 0.29) is 18.1 Å². The summed E-state index contributed by atoms with van der Waals surface area (Å²) in [5.41, 5.74) is 3.66. The van der Waals surface area contributed by atoms with Crippen LogP contribution in [0.15, 0.2) is 12.1 Å². The number of hydrogen-bond acceptors (Lipinski definition) is 2. The molecule has 0 radical (unpaired) electrons. The van der Waals surface area contributed by atoms with E-state index in [0.717, 1.165) is 28.5 Å². The van der Waals surface area contributed by atoms with Crippen molar-refractivity contribution in [3.05, 3.63) is 34.5 Å². The maximum atomic E-state index is 11.6. The fraction of sp³-hybridized carbons (Fsp3) is 0.375. The van der Waals surface area contributed by atoms with Gasteiger partial charge in [0.05, 0.1) is 0 Å². The van der Waals surface area contributed by atoms with Crippen LogP contribution in [0.25, 0.3) is 10.9 Å². The minimum atomic E-state index is -1.01. The minimum absolute atomic E-state index is 0.0621. The van der Waals surface area contributed by atoms with Crippen molar-refractivity contribution in [2.24, 2.45) is 0 Å². The molecule has 0 unspecified atom stereocenters. The lowest BCUT2D eigenvalue weighted by Gasteiger charge is -2.07. The number of H-pyrrole nitrogens is 1. The minimum Gasteiger partial charge on any atom is -0.477 e. The molecule has 1 amide bonds. The van der Waals surface area contributed by atoms with Crippen LogP contribution < -0.4 is 5.32 Å². The molecule has 2 aromatic rings. The summed E-state index contributed by atoms with van der Waals surface area (Å²) in [6.07, 6.45) is 1.21. The second kappa shape index (κ2) is 5.99. The third-order valence-electron chi connectivity index (χ3n) is 3.50. The van der Waals surface area contributed by atoms with Gasteiger partial charge in [-0.05, 0) is 37.5 Å². The van der Waals surface area contributed by atoms with Crippen molar-refractivity contribution in [3.63, 3.8) is 0 Å². The number of amides is 1. The van der Waals surface area contributed by atoms with Gasteiger partial charge >= 0.3 is 5.97 Å². The first-order valence-corrected chi connectivity index (χ1v) is 7.05. The Balaban J connectivity index is 2.46. The number of rotatable bonds is 5. The topological polar surface area (TPSA) is 82.2 Å². The number of carbonyl (C=O) groups is 2. The Hall–Kier alpha value is -2.30. The number of aromatic amines is 1. The fourth-order valence-electron chi connectivity index (χ4n) is 2.66. The number of carboxylic acid groups (broad SMARTS) is 1. The number of hydrogen-bond donors (Lipinski definition) is 3. The van der Waals surface area contributed by atoms with Gasteiger partial charge in [-0.15, -0.1) is 0 Å². The zero-order valence-corrected chi connectivity index (χ0v) is 12.5. The lowest BCUT2D eigenvalue weighted by molar-refractivity contribution is -0.121. The van der Waals surface area contributed by atoms with Gasteiger partial charge in [0.2, 0.25) is 5.91 Å². The number of nitrogens with one attached hydrogen (secondary N) is 2. The van der Waals surface area contributed by atoms with Crippen LogP contribution in [0, 0.1) is 13.8 Å². The highest BCUT2D eigenvalue weighted by Gasteiger charge is 2.19. The van der Waals surface area contributed by atoms with E-state index in [1.54, 1.807) is 0 Å². The molecule has 0 bridgehead atoms. The standard InChI is InChI=1S/C16H20N2O3/c1-4-5-13(19)17-8-11-14-10(3)6-9(2)7-12(14)18-15(11)16(20)21/h6-7,18H,4-5,8H2,1-3H3,(H,17,19)(H,20,21). The molecule has 5 heteroatoms. The van der Waals surface area contributed by atoms with Crippen LogP contribution in [0.5, 0.6) is 0 Å². The maximum absolute atomic E-state index is 11.6. The largest absolute Gasteiger partial charge is 0.477 e. The van der Waals surface area contributed by atoms with Crippen LogP contribution in [0.3, 0.4) is 0 Å². The van der Waals surface area contributed by atoms with E-state index in [1.165, 1.54) is 0 Å². The van der Waals surface area contributed by atoms with Gasteiger partial charge in [-0.1, -0.05) is 13.0 Å². The second-order valence-corrected chi connectivity index (χ2v) is 5.31. The molecule has 0 aliphatic heterocycles. The number of aromatic nitrogens is 1. The van der Waals surface area contributed by atoms with E-state index in [1.807, 2.05) is 32.9 Å². The molecule has 0 atom stereocenters. The van der Waals surface area contributed by atoms with Gasteiger partial charge in [-0.2, -0.15) is 0 Å². The SMILES string of the molecule is CCCC(=O)NCc1c(C(=O)O)[nH]c2cc(C)cc(C)c12. The normalized spacial score (nSPS) is 10.8. The smallest absolute Gasteiger partial charge is 0.352 e. The Morgan fingerprint density at radius 3 is 2.62 bits per heavy atom. The summed E-state index contributed by atoms with van der Waals surface area (Å²) >= 11 is 0. The summed E-state index contributed by atoms with van der Waals surface area (Å²) in [4.78, 5) is 26.0. The maximum Gasteiger partial charge on any atom is 0.352 e. The second-order valence-electron chi connectivity index (χ2n) is 5.31. The highest BCUT2D eigenvalue weighted by atomic mass is 16.4. The third-order valence-corrected chi connectivity index (χ3v) is 3.50. The van der Waals surface area contributed by atoms with E-state index in [4.69, 9.17) is 0 Å². The summed E-state index contributed by atoms with van der Waals surface area (Å²) in [5, 5.41) is 13.0. The molecule has 0 spiro atoms. The molecule has 1 heterocycles. The molecule has 2 rings (SSSR count). The first-order valence-electron chi connectivity index (χ1n) is 7.05. The molecule has 112 valence electrons. The summed E-state index contributed by atoms with van der Waals surface area (Å²) < 4.78 is 0. The van der Waals surface area contributed by atoms with E-state index < -0.39 is 5.97 Å². The number of aryl methyl sites for hydroxylation is 2. The van der Waals surface area contributed by atoms with E-state index in [0.29, 0.717) is 12.0 Å². The van der Waals surface area contributed by atoms with Crippen LogP contribution >= 0.6 is 0 Å². The van der Waals surface area contributed by atoms with Crippen molar-refractivity contribution in [1.82, 2.24) is 10.3 Å². The van der Waals surface area contributed by atoms with Crippen molar-refractivity contribution in [3.8, 4) is 0 Å². The third kappa shape index (κ3) is 3.07. The molecule has 21 heavy (non-hydrogen) atoms. The van der Waals surface area contributed by atoms with Crippen LogP contribution in [-0.4, -0.2) is 22.0 Å². The Kier molecular flexibility index (Phi) is 4.31. The molecule has 0 aliphatic rings. The molecule has 0 fully saturated rings. The molecule has 1 aromatic carbocycles. The molecule has 0 aliphatic carbocycles. The molecular weight excluding hydrogens is 268 g/mol. The predicted octanol–water partition coefficient (Wildman–Crippen LogP) is 2.90. The number of aromatic carboxylic acids is 1. The van der Waals surface area contributed by atoms with E-state index in [9.17, 15) is 14.7 Å². The fourth-order valence-corrected chi connectivity index (χ4v) is 2.66. The Bertz CT molecular complexity index is 701. The van der Waals surface area contributed by atoms with Crippen molar-refractivity contribution in [1.29, 1.82) is 0 Å². The van der Waals surface area contributed by atoms with Crippen molar-refractivity contribution in [2.75, 3.05) is 0 Å². The lowest BCUT2D eigenvalue weighted by atomic mass is 10.0. The molecule has 0 saturated heterocycles. The molecule has 5 nitrogen and oxygen atoms in total. The van der Waals surface area contributed by atoms with Crippen LogP contribution in [-0.2, 0) is 11.3 Å². The Morgan fingerprint density at radius 1 is 1.29 bits per heavy atom. The van der Waals surface area contributed by atoms with Gasteiger partial charge in [-0.25, -0.2) is 4.79 Å². The van der Waals surface area contributed by atoms with Crippen molar-refractivity contribution >= 4 is 22.8 Å². The molecule has 0 saturated carbocycles.